The van der Waals surface area contributed by atoms with Crippen molar-refractivity contribution in [2.24, 2.45) is 0 Å². The maximum absolute atomic E-state index is 11.3. The van der Waals surface area contributed by atoms with Crippen LogP contribution in [0.25, 0.3) is 0 Å². The normalized spacial score (nSPS) is 8.36. The van der Waals surface area contributed by atoms with E-state index in [2.05, 4.69) is 0 Å². The molecule has 0 aliphatic rings. The van der Waals surface area contributed by atoms with Gasteiger partial charge in [-0.3, -0.25) is 4.79 Å². The fourth-order valence-electron chi connectivity index (χ4n) is 1.04. The van der Waals surface area contributed by atoms with Crippen molar-refractivity contribution in [3.63, 3.8) is 0 Å². The van der Waals surface area contributed by atoms with Gasteiger partial charge in [0, 0.05) is 19.5 Å². The molecule has 80 valence electrons. The van der Waals surface area contributed by atoms with Crippen LogP contribution in [-0.2, 0) is 4.79 Å². The van der Waals surface area contributed by atoms with Crippen molar-refractivity contribution in [3.05, 3.63) is 0 Å². The van der Waals surface area contributed by atoms with E-state index in [9.17, 15) is 4.79 Å². The fourth-order valence-corrected chi connectivity index (χ4v) is 1.04. The molecule has 0 rings (SSSR count). The lowest BCUT2D eigenvalue weighted by atomic mass is 10.0. The molecule has 0 aliphatic heterocycles. The maximum Gasteiger partial charge on any atom is 0.222 e. The molecule has 0 spiro atoms. The zero-order valence-corrected chi connectivity index (χ0v) is 7.75. The van der Waals surface area contributed by atoms with Gasteiger partial charge in [-0.15, -0.1) is 0 Å². The Bertz CT molecular complexity index is 125. The quantitative estimate of drug-likeness (QED) is 0.594. The molecule has 14 heavy (non-hydrogen) atoms. The van der Waals surface area contributed by atoms with Crippen molar-refractivity contribution in [3.8, 4) is 0 Å². The summed E-state index contributed by atoms with van der Waals surface area (Å²) in [6, 6.07) is 0. The van der Waals surface area contributed by atoms with E-state index in [4.69, 9.17) is 15.7 Å². The van der Waals surface area contributed by atoms with Crippen LogP contribution in [0.3, 0.4) is 0 Å². The second-order valence-electron chi connectivity index (χ2n) is 2.71. The summed E-state index contributed by atoms with van der Waals surface area (Å²) < 4.78 is 0. The minimum atomic E-state index is 0. The highest BCUT2D eigenvalue weighted by Crippen LogP contribution is 1.99. The van der Waals surface area contributed by atoms with Crippen LogP contribution in [0.4, 0.5) is 0 Å². The Labute approximate surface area is 92.3 Å². The number of amides is 1. The molecule has 0 bridgehead atoms. The van der Waals surface area contributed by atoms with E-state index in [0.717, 1.165) is 6.42 Å². The lowest BCUT2D eigenvalue weighted by Crippen LogP contribution is -2.32. The first-order valence-corrected chi connectivity index (χ1v) is 4.44. The predicted octanol–water partition coefficient (Wildman–Crippen LogP) is 2.06. The van der Waals surface area contributed by atoms with Gasteiger partial charge in [-0.1, -0.05) is 34.4 Å². The highest BCUT2D eigenvalue weighted by molar-refractivity contribution is 6.09. The molecule has 4 heteroatoms. The molecule has 0 saturated carbocycles. The highest BCUT2D eigenvalue weighted by atomic mass is 16.2. The van der Waals surface area contributed by atoms with Gasteiger partial charge in [-0.05, 0) is 6.42 Å². The van der Waals surface area contributed by atoms with Crippen LogP contribution in [0.15, 0.2) is 0 Å². The second kappa shape index (κ2) is 12.6. The Morgan fingerprint density at radius 3 is 1.86 bits per heavy atom. The summed E-state index contributed by atoms with van der Waals surface area (Å²) in [7, 11) is 10.7. The van der Waals surface area contributed by atoms with Crippen LogP contribution in [0.2, 0.25) is 12.6 Å². The molecule has 0 aliphatic carbocycles. The Kier molecular flexibility index (Phi) is 17.3. The molecule has 0 saturated heterocycles. The molecule has 2 nitrogen and oxygen atoms in total. The minimum Gasteiger partial charge on any atom is -0.344 e. The van der Waals surface area contributed by atoms with Gasteiger partial charge in [0.2, 0.25) is 5.91 Å². The van der Waals surface area contributed by atoms with Crippen LogP contribution < -0.4 is 0 Å². The van der Waals surface area contributed by atoms with Crippen LogP contribution in [0.5, 0.6) is 0 Å². The van der Waals surface area contributed by atoms with E-state index in [0.29, 0.717) is 32.2 Å². The maximum atomic E-state index is 11.3. The van der Waals surface area contributed by atoms with Gasteiger partial charge in [0.05, 0.1) is 15.7 Å². The first-order valence-electron chi connectivity index (χ1n) is 4.44. The number of rotatable bonds is 6. The van der Waals surface area contributed by atoms with Crippen LogP contribution >= 0.6 is 0 Å². The van der Waals surface area contributed by atoms with Gasteiger partial charge < -0.3 is 4.90 Å². The first kappa shape index (κ1) is 19.2. The second-order valence-corrected chi connectivity index (χ2v) is 2.71. The Hall–Kier alpha value is -0.400. The molecule has 0 fully saturated rings. The number of carbonyl (C=O) groups excluding carboxylic acids is 1. The molecule has 1 amide bonds. The Balaban J connectivity index is -0.000000605. The smallest absolute Gasteiger partial charge is 0.222 e. The predicted molar refractivity (Wildman–Crippen MR) is 66.1 cm³/mol. The van der Waals surface area contributed by atoms with E-state index in [-0.39, 0.29) is 20.8 Å². The molecule has 4 radical (unpaired) electrons. The molecule has 0 atom stereocenters. The Morgan fingerprint density at radius 1 is 1.14 bits per heavy atom. The summed E-state index contributed by atoms with van der Waals surface area (Å²) >= 11 is 0. The lowest BCUT2D eigenvalue weighted by molar-refractivity contribution is -0.130. The van der Waals surface area contributed by atoms with Gasteiger partial charge in [-0.25, -0.2) is 0 Å². The molecule has 0 aromatic carbocycles. The van der Waals surface area contributed by atoms with Crippen LogP contribution in [0, 0.1) is 0 Å². The van der Waals surface area contributed by atoms with Crippen molar-refractivity contribution in [1.29, 1.82) is 0 Å². The van der Waals surface area contributed by atoms with E-state index < -0.39 is 0 Å². The molecule has 0 N–H and O–H groups in total. The molecular formula is C10H23B2NO. The first-order chi connectivity index (χ1) is 5.76. The summed E-state index contributed by atoms with van der Waals surface area (Å²) in [5.74, 6) is 0.161. The summed E-state index contributed by atoms with van der Waals surface area (Å²) in [6.07, 6.45) is 2.50. The molecule has 0 aromatic heterocycles. The molecular weight excluding hydrogens is 172 g/mol. The molecule has 0 heterocycles. The molecule has 0 unspecified atom stereocenters. The van der Waals surface area contributed by atoms with Gasteiger partial charge in [0.25, 0.3) is 0 Å². The van der Waals surface area contributed by atoms with Crippen molar-refractivity contribution >= 4 is 21.6 Å². The SMILES string of the molecule is C.C.[B]CCN(CC[B])C(=O)CCC. The third kappa shape index (κ3) is 8.21. The van der Waals surface area contributed by atoms with Gasteiger partial charge in [-0.2, -0.15) is 0 Å². The summed E-state index contributed by atoms with van der Waals surface area (Å²) in [5.41, 5.74) is 0. The van der Waals surface area contributed by atoms with E-state index in [1.54, 1.807) is 4.90 Å². The average molecular weight is 195 g/mol. The van der Waals surface area contributed by atoms with Crippen molar-refractivity contribution in [2.75, 3.05) is 13.1 Å². The highest BCUT2D eigenvalue weighted by Gasteiger charge is 2.08. The minimum absolute atomic E-state index is 0. The topological polar surface area (TPSA) is 20.3 Å². The van der Waals surface area contributed by atoms with Crippen molar-refractivity contribution in [2.45, 2.75) is 47.3 Å². The molecule has 0 aromatic rings. The van der Waals surface area contributed by atoms with E-state index in [1.165, 1.54) is 0 Å². The van der Waals surface area contributed by atoms with Gasteiger partial charge in [0.15, 0.2) is 0 Å². The standard InChI is InChI=1S/C8H15B2NO.2CH4/c1-2-3-8(12)11(6-4-9)7-5-10;;/h2-7H2,1H3;2*1H4. The number of hydrogen-bond donors (Lipinski definition) is 0. The lowest BCUT2D eigenvalue weighted by Gasteiger charge is -2.21. The van der Waals surface area contributed by atoms with E-state index in [1.807, 2.05) is 6.92 Å². The monoisotopic (exact) mass is 195 g/mol. The third-order valence-electron chi connectivity index (χ3n) is 1.61. The Morgan fingerprint density at radius 2 is 1.57 bits per heavy atom. The summed E-state index contributed by atoms with van der Waals surface area (Å²) in [6.45, 7) is 3.23. The number of hydrogen-bond acceptors (Lipinski definition) is 1. The van der Waals surface area contributed by atoms with Gasteiger partial charge >= 0.3 is 0 Å². The zero-order valence-electron chi connectivity index (χ0n) is 7.75. The van der Waals surface area contributed by atoms with Crippen molar-refractivity contribution in [1.82, 2.24) is 4.90 Å². The van der Waals surface area contributed by atoms with Crippen LogP contribution in [0.1, 0.15) is 34.6 Å². The fraction of sp³-hybridized carbons (Fsp3) is 0.900. The van der Waals surface area contributed by atoms with E-state index >= 15 is 0 Å². The number of carbonyl (C=O) groups is 1. The largest absolute Gasteiger partial charge is 0.344 e. The third-order valence-corrected chi connectivity index (χ3v) is 1.61. The van der Waals surface area contributed by atoms with Crippen LogP contribution in [-0.4, -0.2) is 39.6 Å². The van der Waals surface area contributed by atoms with Gasteiger partial charge in [0.1, 0.15) is 0 Å². The average Bonchev–Trinajstić information content (AvgIpc) is 2.04. The zero-order chi connectivity index (χ0) is 9.40. The van der Waals surface area contributed by atoms with Crippen molar-refractivity contribution < 1.29 is 4.79 Å². The number of nitrogens with zero attached hydrogens (tertiary/aromatic N) is 1. The summed E-state index contributed by atoms with van der Waals surface area (Å²) in [5, 5.41) is 0. The summed E-state index contributed by atoms with van der Waals surface area (Å²) in [4.78, 5) is 13.1.